The van der Waals surface area contributed by atoms with Crippen LogP contribution in [0, 0.1) is 12.3 Å². The molecule has 0 aromatic rings. The maximum absolute atomic E-state index is 5.16. The van der Waals surface area contributed by atoms with Crippen molar-refractivity contribution in [1.29, 1.82) is 0 Å². The monoisotopic (exact) mass is 170 g/mol. The van der Waals surface area contributed by atoms with E-state index in [-0.39, 0.29) is 0 Å². The summed E-state index contributed by atoms with van der Waals surface area (Å²) >= 11 is 5.06. The third-order valence-corrected chi connectivity index (χ3v) is 1.68. The van der Waals surface area contributed by atoms with Crippen LogP contribution in [0.3, 0.4) is 0 Å². The summed E-state index contributed by atoms with van der Waals surface area (Å²) in [5.74, 6) is 2.56. The molecule has 0 aliphatic heterocycles. The minimum absolute atomic E-state index is 0.586. The van der Waals surface area contributed by atoms with E-state index in [4.69, 9.17) is 18.6 Å². The van der Waals surface area contributed by atoms with E-state index in [2.05, 4.69) is 11.2 Å². The first kappa shape index (κ1) is 10.2. The molecule has 0 aromatic carbocycles. The Hall–Kier alpha value is -0.750. The molecule has 62 valence electrons. The zero-order valence-electron chi connectivity index (χ0n) is 7.05. The highest BCUT2D eigenvalue weighted by Crippen LogP contribution is 1.87. The summed E-state index contributed by atoms with van der Waals surface area (Å²) in [6, 6.07) is 0. The molecule has 0 aliphatic carbocycles. The van der Waals surface area contributed by atoms with Crippen LogP contribution in [0.4, 0.5) is 0 Å². The van der Waals surface area contributed by atoms with Crippen LogP contribution >= 0.6 is 12.2 Å². The Morgan fingerprint density at radius 1 is 1.64 bits per heavy atom. The largest absolute Gasteiger partial charge is 0.363 e. The Morgan fingerprint density at radius 3 is 2.64 bits per heavy atom. The molecule has 0 unspecified atom stereocenters. The van der Waals surface area contributed by atoms with Gasteiger partial charge < -0.3 is 10.2 Å². The third kappa shape index (κ3) is 3.84. The van der Waals surface area contributed by atoms with Gasteiger partial charge >= 0.3 is 0 Å². The number of nitrogens with zero attached hydrogens (tertiary/aromatic N) is 1. The summed E-state index contributed by atoms with van der Waals surface area (Å²) in [4.78, 5) is 1.94. The Balaban J connectivity index is 3.83. The molecule has 0 fully saturated rings. The van der Waals surface area contributed by atoms with Gasteiger partial charge in [0.2, 0.25) is 0 Å². The molecule has 0 radical (unpaired) electrons. The Labute approximate surface area is 74.0 Å². The Bertz CT molecular complexity index is 160. The van der Waals surface area contributed by atoms with E-state index in [1.54, 1.807) is 0 Å². The SMILES string of the molecule is C#CCN(CC)C(=S)NCC. The number of terminal acetylenes is 1. The summed E-state index contributed by atoms with van der Waals surface area (Å²) < 4.78 is 0. The zero-order chi connectivity index (χ0) is 8.69. The zero-order valence-corrected chi connectivity index (χ0v) is 7.87. The van der Waals surface area contributed by atoms with Gasteiger partial charge in [-0.05, 0) is 26.1 Å². The van der Waals surface area contributed by atoms with Crippen LogP contribution in [0.1, 0.15) is 13.8 Å². The summed E-state index contributed by atoms with van der Waals surface area (Å²) in [6.45, 7) is 6.33. The average Bonchev–Trinajstić information content (AvgIpc) is 2.00. The molecule has 0 saturated carbocycles. The Morgan fingerprint density at radius 2 is 2.27 bits per heavy atom. The van der Waals surface area contributed by atoms with Gasteiger partial charge in [-0.15, -0.1) is 6.42 Å². The van der Waals surface area contributed by atoms with Gasteiger partial charge in [0.15, 0.2) is 5.11 Å². The van der Waals surface area contributed by atoms with Crippen LogP contribution in [0.25, 0.3) is 0 Å². The molecule has 0 saturated heterocycles. The van der Waals surface area contributed by atoms with Crippen LogP contribution in [0.15, 0.2) is 0 Å². The van der Waals surface area contributed by atoms with Gasteiger partial charge in [0, 0.05) is 13.1 Å². The van der Waals surface area contributed by atoms with Gasteiger partial charge in [0.25, 0.3) is 0 Å². The number of nitrogens with one attached hydrogen (secondary N) is 1. The molecule has 0 rings (SSSR count). The molecule has 0 amide bonds. The van der Waals surface area contributed by atoms with Gasteiger partial charge in [-0.25, -0.2) is 0 Å². The van der Waals surface area contributed by atoms with E-state index in [0.717, 1.165) is 18.2 Å². The van der Waals surface area contributed by atoms with Gasteiger partial charge in [0.1, 0.15) is 0 Å². The second kappa shape index (κ2) is 5.99. The molecule has 11 heavy (non-hydrogen) atoms. The van der Waals surface area contributed by atoms with E-state index in [1.165, 1.54) is 0 Å². The fourth-order valence-electron chi connectivity index (χ4n) is 0.700. The quantitative estimate of drug-likeness (QED) is 0.499. The third-order valence-electron chi connectivity index (χ3n) is 1.28. The number of hydrogen-bond acceptors (Lipinski definition) is 1. The lowest BCUT2D eigenvalue weighted by Crippen LogP contribution is -2.39. The average molecular weight is 170 g/mol. The summed E-state index contributed by atoms with van der Waals surface area (Å²) in [5.41, 5.74) is 0. The topological polar surface area (TPSA) is 15.3 Å². The highest BCUT2D eigenvalue weighted by atomic mass is 32.1. The van der Waals surface area contributed by atoms with Crippen LogP contribution in [-0.2, 0) is 0 Å². The predicted molar refractivity (Wildman–Crippen MR) is 52.4 cm³/mol. The summed E-state index contributed by atoms with van der Waals surface area (Å²) in [7, 11) is 0. The fourth-order valence-corrected chi connectivity index (χ4v) is 1.04. The first-order chi connectivity index (χ1) is 5.26. The lowest BCUT2D eigenvalue weighted by Gasteiger charge is -2.20. The van der Waals surface area contributed by atoms with Crippen LogP contribution in [0.5, 0.6) is 0 Å². The molecular weight excluding hydrogens is 156 g/mol. The molecule has 2 nitrogen and oxygen atoms in total. The normalized spacial score (nSPS) is 8.45. The van der Waals surface area contributed by atoms with Gasteiger partial charge in [0.05, 0.1) is 6.54 Å². The molecule has 0 bridgehead atoms. The van der Waals surface area contributed by atoms with Gasteiger partial charge in [-0.3, -0.25) is 0 Å². The van der Waals surface area contributed by atoms with Crippen molar-refractivity contribution in [3.8, 4) is 12.3 Å². The molecule has 0 spiro atoms. The second-order valence-electron chi connectivity index (χ2n) is 2.05. The molecule has 0 aliphatic rings. The minimum Gasteiger partial charge on any atom is -0.363 e. The first-order valence-electron chi connectivity index (χ1n) is 3.72. The maximum atomic E-state index is 5.16. The molecular formula is C8H14N2S. The molecule has 3 heteroatoms. The minimum atomic E-state index is 0.586. The van der Waals surface area contributed by atoms with Crippen molar-refractivity contribution in [2.24, 2.45) is 0 Å². The van der Waals surface area contributed by atoms with E-state index in [1.807, 2.05) is 18.7 Å². The predicted octanol–water partition coefficient (Wildman–Crippen LogP) is 0.836. The number of rotatable bonds is 3. The number of hydrogen-bond donors (Lipinski definition) is 1. The molecule has 0 atom stereocenters. The van der Waals surface area contributed by atoms with Gasteiger partial charge in [-0.1, -0.05) is 5.92 Å². The van der Waals surface area contributed by atoms with Crippen LogP contribution < -0.4 is 5.32 Å². The smallest absolute Gasteiger partial charge is 0.169 e. The fraction of sp³-hybridized carbons (Fsp3) is 0.625. The second-order valence-corrected chi connectivity index (χ2v) is 2.44. The van der Waals surface area contributed by atoms with Crippen molar-refractivity contribution in [2.75, 3.05) is 19.6 Å². The first-order valence-corrected chi connectivity index (χ1v) is 4.13. The Kier molecular flexibility index (Phi) is 5.58. The van der Waals surface area contributed by atoms with E-state index in [0.29, 0.717) is 6.54 Å². The van der Waals surface area contributed by atoms with Crippen molar-refractivity contribution < 1.29 is 0 Å². The highest BCUT2D eigenvalue weighted by molar-refractivity contribution is 7.80. The van der Waals surface area contributed by atoms with E-state index >= 15 is 0 Å². The van der Waals surface area contributed by atoms with Gasteiger partial charge in [-0.2, -0.15) is 0 Å². The summed E-state index contributed by atoms with van der Waals surface area (Å²) in [5, 5.41) is 3.79. The molecule has 1 N–H and O–H groups in total. The van der Waals surface area contributed by atoms with Crippen molar-refractivity contribution in [2.45, 2.75) is 13.8 Å². The van der Waals surface area contributed by atoms with E-state index in [9.17, 15) is 0 Å². The van der Waals surface area contributed by atoms with Crippen molar-refractivity contribution in [3.63, 3.8) is 0 Å². The van der Waals surface area contributed by atoms with E-state index < -0.39 is 0 Å². The molecule has 0 heterocycles. The van der Waals surface area contributed by atoms with Crippen LogP contribution in [-0.4, -0.2) is 29.6 Å². The number of thiocarbonyl (C=S) groups is 1. The maximum Gasteiger partial charge on any atom is 0.169 e. The standard InChI is InChI=1S/C8H14N2S/c1-4-7-10(6-3)8(11)9-5-2/h1H,5-7H2,2-3H3,(H,9,11). The lowest BCUT2D eigenvalue weighted by molar-refractivity contribution is 0.486. The van der Waals surface area contributed by atoms with Crippen LogP contribution in [0.2, 0.25) is 0 Å². The highest BCUT2D eigenvalue weighted by Gasteiger charge is 2.02. The van der Waals surface area contributed by atoms with Crippen molar-refractivity contribution in [1.82, 2.24) is 10.2 Å². The summed E-state index contributed by atoms with van der Waals surface area (Å²) in [6.07, 6.45) is 5.16. The lowest BCUT2D eigenvalue weighted by atomic mass is 10.5. The van der Waals surface area contributed by atoms with Crippen molar-refractivity contribution in [3.05, 3.63) is 0 Å². The van der Waals surface area contributed by atoms with Crippen molar-refractivity contribution >= 4 is 17.3 Å². The molecule has 0 aromatic heterocycles.